The minimum Gasteiger partial charge on any atom is -0.309 e. The van der Waals surface area contributed by atoms with Gasteiger partial charge in [0.15, 0.2) is 0 Å². The summed E-state index contributed by atoms with van der Waals surface area (Å²) in [6.45, 7) is 4.72. The summed E-state index contributed by atoms with van der Waals surface area (Å²) in [5, 5.41) is 2.67. The van der Waals surface area contributed by atoms with Crippen molar-refractivity contribution in [2.24, 2.45) is 0 Å². The van der Waals surface area contributed by atoms with Gasteiger partial charge in [-0.05, 0) is 75.5 Å². The molecule has 8 rings (SSSR count). The van der Waals surface area contributed by atoms with E-state index in [1.807, 2.05) is 0 Å². The van der Waals surface area contributed by atoms with Gasteiger partial charge in [0.1, 0.15) is 0 Å². The van der Waals surface area contributed by atoms with E-state index in [-0.39, 0.29) is 5.41 Å². The average molecular weight is 488 g/mol. The lowest BCUT2D eigenvalue weighted by atomic mass is 9.75. The van der Waals surface area contributed by atoms with E-state index in [1.165, 1.54) is 72.0 Å². The van der Waals surface area contributed by atoms with Crippen LogP contribution in [-0.2, 0) is 11.8 Å². The van der Waals surface area contributed by atoms with Crippen molar-refractivity contribution in [2.75, 3.05) is 0 Å². The van der Waals surface area contributed by atoms with Gasteiger partial charge in [-0.2, -0.15) is 0 Å². The lowest BCUT2D eigenvalue weighted by molar-refractivity contribution is 0.630. The Morgan fingerprint density at radius 1 is 0.658 bits per heavy atom. The summed E-state index contributed by atoms with van der Waals surface area (Å²) in [7, 11) is 0. The molecular formula is C37H29N. The zero-order valence-electron chi connectivity index (χ0n) is 21.8. The van der Waals surface area contributed by atoms with Crippen LogP contribution in [0.5, 0.6) is 0 Å². The second-order valence-corrected chi connectivity index (χ2v) is 11.3. The maximum absolute atomic E-state index is 2.50. The molecule has 0 saturated carbocycles. The van der Waals surface area contributed by atoms with E-state index in [0.717, 1.165) is 12.8 Å². The molecule has 1 aliphatic heterocycles. The summed E-state index contributed by atoms with van der Waals surface area (Å²) in [5.41, 5.74) is 14.8. The van der Waals surface area contributed by atoms with Gasteiger partial charge in [0.05, 0.1) is 16.7 Å². The van der Waals surface area contributed by atoms with Crippen LogP contribution in [0.15, 0.2) is 109 Å². The number of allylic oxidation sites excluding steroid dienone is 1. The van der Waals surface area contributed by atoms with E-state index in [0.29, 0.717) is 0 Å². The average Bonchev–Trinajstić information content (AvgIpc) is 3.30. The van der Waals surface area contributed by atoms with Crippen LogP contribution in [0.3, 0.4) is 0 Å². The van der Waals surface area contributed by atoms with E-state index in [4.69, 9.17) is 0 Å². The monoisotopic (exact) mass is 487 g/mol. The zero-order valence-corrected chi connectivity index (χ0v) is 21.8. The summed E-state index contributed by atoms with van der Waals surface area (Å²) >= 11 is 0. The molecule has 2 heterocycles. The van der Waals surface area contributed by atoms with E-state index < -0.39 is 0 Å². The summed E-state index contributed by atoms with van der Waals surface area (Å²) in [6, 6.07) is 38.4. The van der Waals surface area contributed by atoms with Crippen LogP contribution < -0.4 is 0 Å². The van der Waals surface area contributed by atoms with Crippen molar-refractivity contribution in [3.8, 4) is 27.9 Å². The SMILES string of the molecule is CC1(C)c2ccccc2-n2c3ccc(-c4ccc(-c5ccccc5)c5c4C=CCC5)cc3c3cccc1c32. The Balaban J connectivity index is 1.40. The van der Waals surface area contributed by atoms with Gasteiger partial charge in [0.2, 0.25) is 0 Å². The van der Waals surface area contributed by atoms with E-state index >= 15 is 0 Å². The van der Waals surface area contributed by atoms with Gasteiger partial charge >= 0.3 is 0 Å². The van der Waals surface area contributed by atoms with Crippen LogP contribution in [0.4, 0.5) is 0 Å². The second-order valence-electron chi connectivity index (χ2n) is 11.3. The zero-order chi connectivity index (χ0) is 25.4. The highest BCUT2D eigenvalue weighted by Crippen LogP contribution is 2.48. The van der Waals surface area contributed by atoms with Gasteiger partial charge in [-0.1, -0.05) is 111 Å². The third kappa shape index (κ3) is 2.88. The molecule has 5 aromatic carbocycles. The van der Waals surface area contributed by atoms with Crippen LogP contribution in [0.1, 0.15) is 42.5 Å². The molecule has 0 saturated heterocycles. The van der Waals surface area contributed by atoms with Crippen molar-refractivity contribution in [3.05, 3.63) is 131 Å². The van der Waals surface area contributed by atoms with Crippen molar-refractivity contribution in [1.29, 1.82) is 0 Å². The smallest absolute Gasteiger partial charge is 0.0582 e. The van der Waals surface area contributed by atoms with Crippen LogP contribution in [0, 0.1) is 0 Å². The topological polar surface area (TPSA) is 4.93 Å². The Labute approximate surface area is 223 Å². The summed E-state index contributed by atoms with van der Waals surface area (Å²) < 4.78 is 2.50. The van der Waals surface area contributed by atoms with Gasteiger partial charge in [-0.25, -0.2) is 0 Å². The molecule has 2 aliphatic rings. The molecule has 6 aromatic rings. The molecule has 1 aliphatic carbocycles. The molecule has 1 nitrogen and oxygen atoms in total. The van der Waals surface area contributed by atoms with E-state index in [1.54, 1.807) is 0 Å². The first-order valence-corrected chi connectivity index (χ1v) is 13.7. The van der Waals surface area contributed by atoms with Gasteiger partial charge < -0.3 is 4.57 Å². The minimum absolute atomic E-state index is 0.0412. The lowest BCUT2D eigenvalue weighted by Crippen LogP contribution is -2.26. The van der Waals surface area contributed by atoms with Crippen molar-refractivity contribution in [3.63, 3.8) is 0 Å². The van der Waals surface area contributed by atoms with Crippen LogP contribution in [0.2, 0.25) is 0 Å². The van der Waals surface area contributed by atoms with Crippen molar-refractivity contribution < 1.29 is 0 Å². The number of fused-ring (bicyclic) bond motifs is 6. The first-order valence-electron chi connectivity index (χ1n) is 13.7. The predicted molar refractivity (Wildman–Crippen MR) is 161 cm³/mol. The molecule has 0 N–H and O–H groups in total. The summed E-state index contributed by atoms with van der Waals surface area (Å²) in [4.78, 5) is 0. The highest BCUT2D eigenvalue weighted by molar-refractivity contribution is 6.12. The Hall–Kier alpha value is -4.36. The number of hydrogen-bond acceptors (Lipinski definition) is 0. The lowest BCUT2D eigenvalue weighted by Gasteiger charge is -2.34. The fraction of sp³-hybridized carbons (Fsp3) is 0.135. The highest BCUT2D eigenvalue weighted by Gasteiger charge is 2.34. The molecule has 0 atom stereocenters. The largest absolute Gasteiger partial charge is 0.309 e. The number of benzene rings is 5. The number of para-hydroxylation sites is 2. The van der Waals surface area contributed by atoms with Crippen molar-refractivity contribution >= 4 is 27.9 Å². The number of hydrogen-bond donors (Lipinski definition) is 0. The Bertz CT molecular complexity index is 1930. The van der Waals surface area contributed by atoms with E-state index in [2.05, 4.69) is 134 Å². The third-order valence-electron chi connectivity index (χ3n) is 8.88. The Morgan fingerprint density at radius 3 is 2.34 bits per heavy atom. The van der Waals surface area contributed by atoms with Crippen LogP contribution in [0.25, 0.3) is 55.8 Å². The molecule has 0 bridgehead atoms. The molecule has 1 heteroatoms. The molecule has 0 fully saturated rings. The normalized spacial score (nSPS) is 15.0. The molecule has 0 radical (unpaired) electrons. The Morgan fingerprint density at radius 2 is 1.45 bits per heavy atom. The van der Waals surface area contributed by atoms with Gasteiger partial charge in [0.25, 0.3) is 0 Å². The maximum atomic E-state index is 2.50. The second kappa shape index (κ2) is 7.82. The molecule has 182 valence electrons. The van der Waals surface area contributed by atoms with Gasteiger partial charge in [0, 0.05) is 16.2 Å². The molecule has 38 heavy (non-hydrogen) atoms. The first kappa shape index (κ1) is 21.7. The Kier molecular flexibility index (Phi) is 4.47. The summed E-state index contributed by atoms with van der Waals surface area (Å²) in [6.07, 6.45) is 6.86. The van der Waals surface area contributed by atoms with Gasteiger partial charge in [-0.3, -0.25) is 0 Å². The molecule has 1 aromatic heterocycles. The minimum atomic E-state index is -0.0412. The summed E-state index contributed by atoms with van der Waals surface area (Å²) in [5.74, 6) is 0. The van der Waals surface area contributed by atoms with Crippen molar-refractivity contribution in [1.82, 2.24) is 4.57 Å². The van der Waals surface area contributed by atoms with Crippen LogP contribution >= 0.6 is 0 Å². The van der Waals surface area contributed by atoms with Crippen molar-refractivity contribution in [2.45, 2.75) is 32.1 Å². The number of nitrogens with zero attached hydrogens (tertiary/aromatic N) is 1. The quantitative estimate of drug-likeness (QED) is 0.229. The molecule has 0 unspecified atom stereocenters. The fourth-order valence-corrected chi connectivity index (χ4v) is 7.03. The van der Waals surface area contributed by atoms with Gasteiger partial charge in [-0.15, -0.1) is 0 Å². The standard InChI is InChI=1S/C37H29N/c1-37(2)32-16-8-9-18-35(32)38-34-22-19-25(23-31(34)30-15-10-17-33(37)36(30)38)27-21-20-26(24-11-4-3-5-12-24)28-13-6-7-14-29(27)28/h3-5,7-12,14-23H,6,13H2,1-2H3. The molecular weight excluding hydrogens is 458 g/mol. The van der Waals surface area contributed by atoms with E-state index in [9.17, 15) is 0 Å². The van der Waals surface area contributed by atoms with Crippen LogP contribution in [-0.4, -0.2) is 4.57 Å². The number of aromatic nitrogens is 1. The predicted octanol–water partition coefficient (Wildman–Crippen LogP) is 9.72. The molecule has 0 amide bonds. The highest BCUT2D eigenvalue weighted by atomic mass is 15.0. The first-order chi connectivity index (χ1) is 18.6. The fourth-order valence-electron chi connectivity index (χ4n) is 7.03. The molecule has 0 spiro atoms. The third-order valence-corrected chi connectivity index (χ3v) is 8.88. The number of rotatable bonds is 2. The maximum Gasteiger partial charge on any atom is 0.0582 e.